The van der Waals surface area contributed by atoms with Gasteiger partial charge in [-0.3, -0.25) is 4.79 Å². The first-order valence-corrected chi connectivity index (χ1v) is 12.3. The zero-order valence-corrected chi connectivity index (χ0v) is 20.9. The third kappa shape index (κ3) is 6.28. The molecule has 0 spiro atoms. The van der Waals surface area contributed by atoms with E-state index in [9.17, 15) is 14.7 Å². The molecule has 1 aromatic heterocycles. The highest BCUT2D eigenvalue weighted by Crippen LogP contribution is 2.29. The van der Waals surface area contributed by atoms with Crippen LogP contribution in [0.25, 0.3) is 11.3 Å². The Morgan fingerprint density at radius 1 is 1.03 bits per heavy atom. The van der Waals surface area contributed by atoms with Crippen molar-refractivity contribution in [2.75, 3.05) is 19.1 Å². The van der Waals surface area contributed by atoms with Crippen molar-refractivity contribution < 1.29 is 19.4 Å². The van der Waals surface area contributed by atoms with Gasteiger partial charge in [0, 0.05) is 36.5 Å². The van der Waals surface area contributed by atoms with Crippen LogP contribution in [0.2, 0.25) is 0 Å². The molecule has 0 fully saturated rings. The maximum absolute atomic E-state index is 12.7. The number of anilines is 1. The van der Waals surface area contributed by atoms with E-state index in [0.29, 0.717) is 12.1 Å². The summed E-state index contributed by atoms with van der Waals surface area (Å²) in [6.45, 7) is 0.610. The Labute approximate surface area is 214 Å². The van der Waals surface area contributed by atoms with Gasteiger partial charge in [0.1, 0.15) is 11.8 Å². The topological polar surface area (TPSA) is 91.8 Å². The monoisotopic (exact) mass is 501 g/mol. The number of carboxylic acids is 1. The van der Waals surface area contributed by atoms with Gasteiger partial charge in [-0.25, -0.2) is 9.78 Å². The first-order valence-electron chi connectivity index (χ1n) is 11.4. The van der Waals surface area contributed by atoms with Gasteiger partial charge < -0.3 is 20.1 Å². The average molecular weight is 502 g/mol. The summed E-state index contributed by atoms with van der Waals surface area (Å²) in [5.41, 5.74) is 4.14. The predicted octanol–water partition coefficient (Wildman–Crippen LogP) is 4.88. The van der Waals surface area contributed by atoms with Gasteiger partial charge in [0.25, 0.3) is 5.91 Å². The number of nitrogens with one attached hydrogen (secondary N) is 1. The lowest BCUT2D eigenvalue weighted by Gasteiger charge is -2.17. The number of aromatic nitrogens is 1. The van der Waals surface area contributed by atoms with Crippen LogP contribution in [-0.2, 0) is 17.8 Å². The van der Waals surface area contributed by atoms with Crippen LogP contribution < -0.4 is 15.0 Å². The van der Waals surface area contributed by atoms with Gasteiger partial charge in [-0.2, -0.15) is 0 Å². The Hall–Kier alpha value is -4.17. The molecule has 184 valence electrons. The molecule has 0 saturated carbocycles. The lowest BCUT2D eigenvalue weighted by atomic mass is 10.1. The van der Waals surface area contributed by atoms with E-state index in [2.05, 4.69) is 5.32 Å². The minimum absolute atomic E-state index is 0.219. The number of amides is 1. The molecule has 0 aliphatic rings. The Morgan fingerprint density at radius 2 is 1.78 bits per heavy atom. The van der Waals surface area contributed by atoms with Crippen LogP contribution in [0.4, 0.5) is 5.13 Å². The van der Waals surface area contributed by atoms with E-state index in [0.717, 1.165) is 33.3 Å². The van der Waals surface area contributed by atoms with Crippen molar-refractivity contribution >= 4 is 28.3 Å². The second-order valence-electron chi connectivity index (χ2n) is 8.35. The number of carboxylic acid groups (broad SMARTS) is 1. The molecule has 0 bridgehead atoms. The largest absolute Gasteiger partial charge is 0.497 e. The second kappa shape index (κ2) is 11.5. The Bertz CT molecular complexity index is 1320. The van der Waals surface area contributed by atoms with E-state index in [1.54, 1.807) is 30.6 Å². The van der Waals surface area contributed by atoms with Crippen LogP contribution in [0, 0.1) is 0 Å². The highest BCUT2D eigenvalue weighted by Gasteiger charge is 2.21. The third-order valence-electron chi connectivity index (χ3n) is 5.71. The molecule has 1 unspecified atom stereocenters. The van der Waals surface area contributed by atoms with Crippen molar-refractivity contribution in [3.05, 3.63) is 101 Å². The molecule has 36 heavy (non-hydrogen) atoms. The maximum atomic E-state index is 12.7. The number of methoxy groups -OCH3 is 1. The van der Waals surface area contributed by atoms with Crippen molar-refractivity contribution in [1.29, 1.82) is 0 Å². The van der Waals surface area contributed by atoms with Gasteiger partial charge in [-0.15, -0.1) is 11.3 Å². The van der Waals surface area contributed by atoms with E-state index in [-0.39, 0.29) is 6.42 Å². The van der Waals surface area contributed by atoms with Gasteiger partial charge in [-0.05, 0) is 35.4 Å². The summed E-state index contributed by atoms with van der Waals surface area (Å²) in [7, 11) is 3.61. The molecule has 8 heteroatoms. The number of hydrogen-bond donors (Lipinski definition) is 2. The van der Waals surface area contributed by atoms with E-state index in [1.165, 1.54) is 0 Å². The van der Waals surface area contributed by atoms with Crippen LogP contribution in [0.3, 0.4) is 0 Å². The standard InChI is InChI=1S/C28H27N3O4S/c1-31(28-30-25(18-36-28)22-9-6-10-23(16-22)35-2)17-20-11-13-21(14-12-20)26(32)29-24(27(33)34)15-19-7-4-3-5-8-19/h3-14,16,18,24H,15,17H2,1-2H3,(H,29,32)(H,33,34). The Morgan fingerprint density at radius 3 is 2.47 bits per heavy atom. The minimum Gasteiger partial charge on any atom is -0.497 e. The molecule has 0 saturated heterocycles. The fourth-order valence-corrected chi connectivity index (χ4v) is 4.55. The Kier molecular flexibility index (Phi) is 7.97. The fourth-order valence-electron chi connectivity index (χ4n) is 3.75. The summed E-state index contributed by atoms with van der Waals surface area (Å²) < 4.78 is 5.30. The van der Waals surface area contributed by atoms with Crippen molar-refractivity contribution in [2.24, 2.45) is 0 Å². The number of ether oxygens (including phenoxy) is 1. The number of carbonyl (C=O) groups is 2. The molecule has 0 aliphatic carbocycles. The van der Waals surface area contributed by atoms with E-state index >= 15 is 0 Å². The molecule has 3 aromatic carbocycles. The predicted molar refractivity (Wildman–Crippen MR) is 142 cm³/mol. The first kappa shape index (κ1) is 24.9. The molecule has 4 rings (SSSR count). The summed E-state index contributed by atoms with van der Waals surface area (Å²) in [5, 5.41) is 15.1. The van der Waals surface area contributed by atoms with Gasteiger partial charge in [0.2, 0.25) is 0 Å². The molecule has 0 radical (unpaired) electrons. The molecule has 7 nitrogen and oxygen atoms in total. The van der Waals surface area contributed by atoms with E-state index in [4.69, 9.17) is 9.72 Å². The minimum atomic E-state index is -1.07. The van der Waals surface area contributed by atoms with E-state index < -0.39 is 17.9 Å². The molecule has 1 heterocycles. The number of aliphatic carboxylic acids is 1. The smallest absolute Gasteiger partial charge is 0.326 e. The van der Waals surface area contributed by atoms with Gasteiger partial charge in [0.15, 0.2) is 5.13 Å². The number of hydrogen-bond acceptors (Lipinski definition) is 6. The number of benzene rings is 3. The van der Waals surface area contributed by atoms with Crippen LogP contribution >= 0.6 is 11.3 Å². The van der Waals surface area contributed by atoms with Crippen LogP contribution in [-0.4, -0.2) is 42.2 Å². The number of nitrogens with zero attached hydrogens (tertiary/aromatic N) is 2. The van der Waals surface area contributed by atoms with Crippen molar-refractivity contribution in [1.82, 2.24) is 10.3 Å². The van der Waals surface area contributed by atoms with Gasteiger partial charge in [-0.1, -0.05) is 54.6 Å². The van der Waals surface area contributed by atoms with Gasteiger partial charge >= 0.3 is 5.97 Å². The van der Waals surface area contributed by atoms with Crippen molar-refractivity contribution in [3.8, 4) is 17.0 Å². The molecule has 1 atom stereocenters. The number of carbonyl (C=O) groups excluding carboxylic acids is 1. The zero-order valence-electron chi connectivity index (χ0n) is 20.0. The molecule has 4 aromatic rings. The molecule has 1 amide bonds. The van der Waals surface area contributed by atoms with E-state index in [1.807, 2.05) is 84.1 Å². The average Bonchev–Trinajstić information content (AvgIpc) is 3.40. The summed E-state index contributed by atoms with van der Waals surface area (Å²) >= 11 is 1.56. The lowest BCUT2D eigenvalue weighted by molar-refractivity contribution is -0.139. The Balaban J connectivity index is 1.37. The van der Waals surface area contributed by atoms with Crippen LogP contribution in [0.1, 0.15) is 21.5 Å². The van der Waals surface area contributed by atoms with Crippen LogP contribution in [0.15, 0.2) is 84.2 Å². The molecular weight excluding hydrogens is 474 g/mol. The maximum Gasteiger partial charge on any atom is 0.326 e. The second-order valence-corrected chi connectivity index (χ2v) is 9.19. The number of thiazole rings is 1. The zero-order chi connectivity index (χ0) is 25.5. The highest BCUT2D eigenvalue weighted by molar-refractivity contribution is 7.14. The van der Waals surface area contributed by atoms with Gasteiger partial charge in [0.05, 0.1) is 12.8 Å². The summed E-state index contributed by atoms with van der Waals surface area (Å²) in [6.07, 6.45) is 0.219. The van der Waals surface area contributed by atoms with Crippen LogP contribution in [0.5, 0.6) is 5.75 Å². The third-order valence-corrected chi connectivity index (χ3v) is 6.66. The SMILES string of the molecule is COc1cccc(-c2csc(N(C)Cc3ccc(C(=O)NC(Cc4ccccc4)C(=O)O)cc3)n2)c1. The number of rotatable bonds is 10. The first-order chi connectivity index (χ1) is 17.4. The van der Waals surface area contributed by atoms with Crippen molar-refractivity contribution in [2.45, 2.75) is 19.0 Å². The molecule has 0 aliphatic heterocycles. The normalized spacial score (nSPS) is 11.5. The fraction of sp³-hybridized carbons (Fsp3) is 0.179. The summed E-state index contributed by atoms with van der Waals surface area (Å²) in [5.74, 6) is -0.697. The summed E-state index contributed by atoms with van der Waals surface area (Å²) in [6, 6.07) is 23.2. The quantitative estimate of drug-likeness (QED) is 0.322. The molecule has 2 N–H and O–H groups in total. The lowest BCUT2D eigenvalue weighted by Crippen LogP contribution is -2.42. The van der Waals surface area contributed by atoms with Crippen molar-refractivity contribution in [3.63, 3.8) is 0 Å². The molecular formula is C28H27N3O4S. The summed E-state index contributed by atoms with van der Waals surface area (Å²) in [4.78, 5) is 31.2. The highest BCUT2D eigenvalue weighted by atomic mass is 32.1.